The summed E-state index contributed by atoms with van der Waals surface area (Å²) in [6.07, 6.45) is 0.175. The molecule has 0 aliphatic heterocycles. The van der Waals surface area contributed by atoms with Gasteiger partial charge in [0.2, 0.25) is 0 Å². The van der Waals surface area contributed by atoms with Gasteiger partial charge in [0.15, 0.2) is 0 Å². The number of aliphatic hydroxyl groups is 1. The van der Waals surface area contributed by atoms with Gasteiger partial charge in [-0.1, -0.05) is 6.92 Å². The number of alkyl halides is 1. The molecule has 0 amide bonds. The van der Waals surface area contributed by atoms with Crippen molar-refractivity contribution in [1.82, 2.24) is 6.15 Å². The molecule has 0 aromatic rings. The molecule has 0 spiro atoms. The molecule has 0 aliphatic carbocycles. The van der Waals surface area contributed by atoms with Gasteiger partial charge in [-0.25, -0.2) is 0 Å². The van der Waals surface area contributed by atoms with Gasteiger partial charge in [-0.15, -0.1) is 0 Å². The van der Waals surface area contributed by atoms with Gasteiger partial charge in [0.1, 0.15) is 0 Å². The minimum Gasteiger partial charge on any atom is -0.419 e. The Hall–Kier alpha value is -0.320. The Balaban J connectivity index is 0. The molecule has 0 aromatic heterocycles. The van der Waals surface area contributed by atoms with Crippen LogP contribution in [0.1, 0.15) is 20.3 Å². The summed E-state index contributed by atoms with van der Waals surface area (Å²) >= 11 is 5.23. The first-order chi connectivity index (χ1) is 3.98. The SMILES string of the molecule is CCC(O)(Cl)OC(C)=O.N. The lowest BCUT2D eigenvalue weighted by atomic mass is 10.5. The Kier molecular flexibility index (Phi) is 5.55. The third kappa shape index (κ3) is 5.81. The Bertz CT molecular complexity index is 115. The molecule has 4 N–H and O–H groups in total. The van der Waals surface area contributed by atoms with E-state index in [1.54, 1.807) is 6.92 Å². The first kappa shape index (κ1) is 12.4. The van der Waals surface area contributed by atoms with E-state index in [1.807, 2.05) is 0 Å². The van der Waals surface area contributed by atoms with Crippen molar-refractivity contribution >= 4 is 17.6 Å². The smallest absolute Gasteiger partial charge is 0.306 e. The van der Waals surface area contributed by atoms with E-state index in [9.17, 15) is 4.79 Å². The second-order valence-corrected chi connectivity index (χ2v) is 2.23. The largest absolute Gasteiger partial charge is 0.419 e. The Morgan fingerprint density at radius 1 is 1.80 bits per heavy atom. The first-order valence-corrected chi connectivity index (χ1v) is 2.96. The molecule has 1 unspecified atom stereocenters. The number of hydrogen-bond acceptors (Lipinski definition) is 4. The highest BCUT2D eigenvalue weighted by molar-refractivity contribution is 6.22. The van der Waals surface area contributed by atoms with Gasteiger partial charge >= 0.3 is 5.97 Å². The summed E-state index contributed by atoms with van der Waals surface area (Å²) in [5, 5.41) is 7.00. The molecule has 0 rings (SSSR count). The van der Waals surface area contributed by atoms with E-state index >= 15 is 0 Å². The Labute approximate surface area is 64.7 Å². The zero-order valence-electron chi connectivity index (χ0n) is 6.06. The van der Waals surface area contributed by atoms with E-state index in [0.29, 0.717) is 0 Å². The van der Waals surface area contributed by atoms with Crippen molar-refractivity contribution in [2.24, 2.45) is 0 Å². The fraction of sp³-hybridized carbons (Fsp3) is 0.800. The van der Waals surface area contributed by atoms with Crippen molar-refractivity contribution in [2.45, 2.75) is 25.5 Å². The number of rotatable bonds is 2. The molecule has 0 saturated heterocycles. The molecule has 62 valence electrons. The predicted molar refractivity (Wildman–Crippen MR) is 37.9 cm³/mol. The number of carbonyl (C=O) groups excluding carboxylic acids is 1. The van der Waals surface area contributed by atoms with Crippen molar-refractivity contribution < 1.29 is 14.6 Å². The summed E-state index contributed by atoms with van der Waals surface area (Å²) in [5.41, 5.74) is 0. The van der Waals surface area contributed by atoms with Crippen LogP contribution in [0.4, 0.5) is 0 Å². The van der Waals surface area contributed by atoms with Gasteiger partial charge in [0.25, 0.3) is 5.25 Å². The first-order valence-electron chi connectivity index (χ1n) is 2.59. The van der Waals surface area contributed by atoms with Crippen LogP contribution in [-0.4, -0.2) is 16.3 Å². The summed E-state index contributed by atoms with van der Waals surface area (Å²) < 4.78 is 4.27. The topological polar surface area (TPSA) is 81.5 Å². The summed E-state index contributed by atoms with van der Waals surface area (Å²) in [6, 6.07) is 0. The van der Waals surface area contributed by atoms with Gasteiger partial charge in [0, 0.05) is 13.3 Å². The molecule has 10 heavy (non-hydrogen) atoms. The van der Waals surface area contributed by atoms with Crippen LogP contribution >= 0.6 is 11.6 Å². The minimum absolute atomic E-state index is 0. The van der Waals surface area contributed by atoms with Crippen LogP contribution in [0, 0.1) is 0 Å². The normalized spacial score (nSPS) is 14.8. The fourth-order valence-corrected chi connectivity index (χ4v) is 0.401. The second kappa shape index (κ2) is 4.49. The highest BCUT2D eigenvalue weighted by Gasteiger charge is 2.23. The van der Waals surface area contributed by atoms with Crippen LogP contribution < -0.4 is 6.15 Å². The van der Waals surface area contributed by atoms with E-state index in [-0.39, 0.29) is 12.6 Å². The van der Waals surface area contributed by atoms with Gasteiger partial charge in [-0.05, 0) is 11.6 Å². The average Bonchev–Trinajstić information content (AvgIpc) is 1.63. The number of ether oxygens (including phenoxy) is 1. The highest BCUT2D eigenvalue weighted by Crippen LogP contribution is 2.16. The van der Waals surface area contributed by atoms with E-state index < -0.39 is 11.2 Å². The number of halogens is 1. The fourth-order valence-electron chi connectivity index (χ4n) is 0.292. The molecule has 4 nitrogen and oxygen atoms in total. The molecule has 1 atom stereocenters. The monoisotopic (exact) mass is 169 g/mol. The quantitative estimate of drug-likeness (QED) is 0.367. The van der Waals surface area contributed by atoms with Gasteiger partial charge in [-0.3, -0.25) is 4.79 Å². The molecule has 0 saturated carbocycles. The van der Waals surface area contributed by atoms with Crippen LogP contribution in [-0.2, 0) is 9.53 Å². The summed E-state index contributed by atoms with van der Waals surface area (Å²) in [7, 11) is 0. The van der Waals surface area contributed by atoms with Crippen LogP contribution in [0.15, 0.2) is 0 Å². The summed E-state index contributed by atoms with van der Waals surface area (Å²) in [5.74, 6) is -0.589. The van der Waals surface area contributed by atoms with Gasteiger partial charge in [-0.2, -0.15) is 0 Å². The molecule has 0 fully saturated rings. The standard InChI is InChI=1S/C5H9ClO3.H3N/c1-3-5(6,8)9-4(2)7;/h8H,3H2,1-2H3;1H3. The molecule has 0 aliphatic rings. The predicted octanol–water partition coefficient (Wildman–Crippen LogP) is 1.01. The van der Waals surface area contributed by atoms with E-state index in [4.69, 9.17) is 16.7 Å². The molecule has 0 radical (unpaired) electrons. The van der Waals surface area contributed by atoms with Crippen molar-refractivity contribution in [2.75, 3.05) is 0 Å². The molecule has 5 heteroatoms. The van der Waals surface area contributed by atoms with Crippen molar-refractivity contribution in [3.05, 3.63) is 0 Å². The maximum atomic E-state index is 10.2. The lowest BCUT2D eigenvalue weighted by Gasteiger charge is -2.16. The highest BCUT2D eigenvalue weighted by atomic mass is 35.5. The van der Waals surface area contributed by atoms with Crippen LogP contribution in [0.5, 0.6) is 0 Å². The number of esters is 1. The lowest BCUT2D eigenvalue weighted by Crippen LogP contribution is -2.25. The van der Waals surface area contributed by atoms with E-state index in [0.717, 1.165) is 0 Å². The molecule has 0 bridgehead atoms. The van der Waals surface area contributed by atoms with E-state index in [2.05, 4.69) is 4.74 Å². The summed E-state index contributed by atoms with van der Waals surface area (Å²) in [4.78, 5) is 10.2. The third-order valence-corrected chi connectivity index (χ3v) is 1.08. The molecule has 0 aromatic carbocycles. The van der Waals surface area contributed by atoms with Gasteiger partial charge in [0.05, 0.1) is 0 Å². The van der Waals surface area contributed by atoms with Crippen LogP contribution in [0.3, 0.4) is 0 Å². The summed E-state index contributed by atoms with van der Waals surface area (Å²) in [6.45, 7) is 2.79. The molecular weight excluding hydrogens is 158 g/mol. The maximum absolute atomic E-state index is 10.2. The second-order valence-electron chi connectivity index (χ2n) is 1.64. The Morgan fingerprint density at radius 3 is 2.30 bits per heavy atom. The van der Waals surface area contributed by atoms with Gasteiger partial charge < -0.3 is 16.0 Å². The van der Waals surface area contributed by atoms with Crippen LogP contribution in [0.25, 0.3) is 0 Å². The number of carbonyl (C=O) groups is 1. The molecule has 0 heterocycles. The third-order valence-electron chi connectivity index (χ3n) is 0.736. The minimum atomic E-state index is -1.81. The van der Waals surface area contributed by atoms with E-state index in [1.165, 1.54) is 6.92 Å². The number of hydrogen-bond donors (Lipinski definition) is 2. The average molecular weight is 170 g/mol. The van der Waals surface area contributed by atoms with Crippen molar-refractivity contribution in [1.29, 1.82) is 0 Å². The molecular formula is C5H12ClNO3. The Morgan fingerprint density at radius 2 is 2.20 bits per heavy atom. The van der Waals surface area contributed by atoms with Crippen molar-refractivity contribution in [3.8, 4) is 0 Å². The lowest BCUT2D eigenvalue weighted by molar-refractivity contribution is -0.176. The van der Waals surface area contributed by atoms with Crippen molar-refractivity contribution in [3.63, 3.8) is 0 Å². The van der Waals surface area contributed by atoms with Crippen LogP contribution in [0.2, 0.25) is 0 Å². The zero-order valence-corrected chi connectivity index (χ0v) is 6.81. The maximum Gasteiger partial charge on any atom is 0.306 e. The zero-order chi connectivity index (χ0) is 7.49.